The van der Waals surface area contributed by atoms with Crippen LogP contribution < -0.4 is 11.1 Å². The fourth-order valence-electron chi connectivity index (χ4n) is 2.13. The van der Waals surface area contributed by atoms with Gasteiger partial charge in [0.1, 0.15) is 11.9 Å². The molecule has 0 aliphatic rings. The summed E-state index contributed by atoms with van der Waals surface area (Å²) in [7, 11) is 0. The molecule has 0 saturated carbocycles. The summed E-state index contributed by atoms with van der Waals surface area (Å²) in [6, 6.07) is 6.55. The van der Waals surface area contributed by atoms with Crippen LogP contribution in [0.15, 0.2) is 42.5 Å². The summed E-state index contributed by atoms with van der Waals surface area (Å²) in [5.74, 6) is -3.08. The van der Waals surface area contributed by atoms with Gasteiger partial charge in [-0.05, 0) is 35.9 Å². The highest BCUT2D eigenvalue weighted by Crippen LogP contribution is 2.19. The minimum absolute atomic E-state index is 0.109. The van der Waals surface area contributed by atoms with Crippen molar-refractivity contribution in [2.75, 3.05) is 0 Å². The Morgan fingerprint density at radius 3 is 2.36 bits per heavy atom. The lowest BCUT2D eigenvalue weighted by molar-refractivity contribution is -0.387. The van der Waals surface area contributed by atoms with Crippen LogP contribution >= 0.6 is 0 Å². The van der Waals surface area contributed by atoms with Crippen LogP contribution in [0, 0.1) is 21.7 Å². The third-order valence-corrected chi connectivity index (χ3v) is 3.40. The fraction of sp³-hybridized carbons (Fsp3) is 0.125. The summed E-state index contributed by atoms with van der Waals surface area (Å²) in [6.45, 7) is 0. The van der Waals surface area contributed by atoms with Gasteiger partial charge >= 0.3 is 5.69 Å². The number of primary amides is 1. The van der Waals surface area contributed by atoms with Crippen molar-refractivity contribution in [1.29, 1.82) is 0 Å². The van der Waals surface area contributed by atoms with Crippen molar-refractivity contribution in [2.24, 2.45) is 5.73 Å². The Balaban J connectivity index is 2.17. The van der Waals surface area contributed by atoms with Crippen molar-refractivity contribution in [3.63, 3.8) is 0 Å². The van der Waals surface area contributed by atoms with Crippen molar-refractivity contribution >= 4 is 17.5 Å². The molecule has 0 aliphatic heterocycles. The number of amides is 2. The van der Waals surface area contributed by atoms with Crippen molar-refractivity contribution < 1.29 is 23.3 Å². The molecule has 0 saturated heterocycles. The largest absolute Gasteiger partial charge is 0.368 e. The van der Waals surface area contributed by atoms with Crippen LogP contribution in [-0.4, -0.2) is 22.8 Å². The molecular weight excluding hydrogens is 336 g/mol. The number of rotatable bonds is 6. The molecule has 130 valence electrons. The predicted molar refractivity (Wildman–Crippen MR) is 83.6 cm³/mol. The van der Waals surface area contributed by atoms with E-state index in [4.69, 9.17) is 5.73 Å². The van der Waals surface area contributed by atoms with Crippen LogP contribution in [0.1, 0.15) is 15.9 Å². The first-order valence-electron chi connectivity index (χ1n) is 7.06. The zero-order chi connectivity index (χ0) is 18.6. The molecule has 2 amide bonds. The second-order valence-corrected chi connectivity index (χ2v) is 5.18. The molecular formula is C16H13F2N3O4. The fourth-order valence-corrected chi connectivity index (χ4v) is 2.13. The summed E-state index contributed by atoms with van der Waals surface area (Å²) in [5.41, 5.74) is 4.85. The maximum atomic E-state index is 13.3. The Kier molecular flexibility index (Phi) is 5.38. The molecule has 0 unspecified atom stereocenters. The molecule has 0 fully saturated rings. The highest BCUT2D eigenvalue weighted by atomic mass is 19.1. The van der Waals surface area contributed by atoms with E-state index in [1.54, 1.807) is 0 Å². The van der Waals surface area contributed by atoms with E-state index in [1.807, 2.05) is 0 Å². The lowest BCUT2D eigenvalue weighted by Crippen LogP contribution is -2.45. The number of nitro benzene ring substituents is 1. The number of halogens is 2. The van der Waals surface area contributed by atoms with E-state index in [2.05, 4.69) is 5.32 Å². The van der Waals surface area contributed by atoms with Crippen molar-refractivity contribution in [2.45, 2.75) is 12.5 Å². The summed E-state index contributed by atoms with van der Waals surface area (Å²) in [4.78, 5) is 33.5. The van der Waals surface area contributed by atoms with Crippen molar-refractivity contribution in [3.8, 4) is 0 Å². The van der Waals surface area contributed by atoms with Crippen molar-refractivity contribution in [3.05, 3.63) is 75.3 Å². The van der Waals surface area contributed by atoms with E-state index in [-0.39, 0.29) is 17.5 Å². The topological polar surface area (TPSA) is 115 Å². The smallest absolute Gasteiger partial charge is 0.305 e. The zero-order valence-corrected chi connectivity index (χ0v) is 12.7. The van der Waals surface area contributed by atoms with Gasteiger partial charge in [-0.3, -0.25) is 19.7 Å². The Morgan fingerprint density at radius 2 is 1.80 bits per heavy atom. The van der Waals surface area contributed by atoms with Crippen LogP contribution in [0.4, 0.5) is 14.5 Å². The minimum atomic E-state index is -1.18. The van der Waals surface area contributed by atoms with E-state index in [1.165, 1.54) is 18.2 Å². The van der Waals surface area contributed by atoms with Crippen LogP contribution in [0.25, 0.3) is 0 Å². The van der Waals surface area contributed by atoms with Gasteiger partial charge in [0.25, 0.3) is 5.91 Å². The normalized spacial score (nSPS) is 11.6. The molecule has 2 aromatic carbocycles. The number of nitrogens with zero attached hydrogens (tertiary/aromatic N) is 1. The Morgan fingerprint density at radius 1 is 1.16 bits per heavy atom. The van der Waals surface area contributed by atoms with E-state index < -0.39 is 40.1 Å². The summed E-state index contributed by atoms with van der Waals surface area (Å²) in [5, 5.41) is 13.1. The third kappa shape index (κ3) is 4.56. The van der Waals surface area contributed by atoms with Gasteiger partial charge in [0.2, 0.25) is 11.7 Å². The first-order chi connectivity index (χ1) is 11.8. The lowest BCUT2D eigenvalue weighted by Gasteiger charge is -2.15. The SMILES string of the molecule is NC(=O)[C@@H](Cc1ccc(F)c([N+](=O)[O-])c1)NC(=O)c1ccc(F)cc1. The van der Waals surface area contributed by atoms with Crippen LogP contribution in [0.3, 0.4) is 0 Å². The number of hydrogen-bond acceptors (Lipinski definition) is 4. The van der Waals surface area contributed by atoms with E-state index in [9.17, 15) is 28.5 Å². The van der Waals surface area contributed by atoms with E-state index in [0.717, 1.165) is 24.3 Å². The van der Waals surface area contributed by atoms with Crippen LogP contribution in [0.5, 0.6) is 0 Å². The Labute approximate surface area is 140 Å². The van der Waals surface area contributed by atoms with Gasteiger partial charge < -0.3 is 11.1 Å². The molecule has 7 nitrogen and oxygen atoms in total. The number of nitro groups is 1. The molecule has 0 bridgehead atoms. The number of nitrogens with one attached hydrogen (secondary N) is 1. The lowest BCUT2D eigenvalue weighted by atomic mass is 10.0. The number of hydrogen-bond donors (Lipinski definition) is 2. The molecule has 0 aliphatic carbocycles. The van der Waals surface area contributed by atoms with Crippen molar-refractivity contribution in [1.82, 2.24) is 5.32 Å². The quantitative estimate of drug-likeness (QED) is 0.610. The molecule has 0 heterocycles. The molecule has 0 spiro atoms. The predicted octanol–water partition coefficient (Wildman–Crippen LogP) is 1.70. The Bertz CT molecular complexity index is 825. The summed E-state index contributed by atoms with van der Waals surface area (Å²) in [6.07, 6.45) is -0.163. The molecule has 9 heteroatoms. The number of benzene rings is 2. The molecule has 2 rings (SSSR count). The number of carbonyl (C=O) groups excluding carboxylic acids is 2. The second-order valence-electron chi connectivity index (χ2n) is 5.18. The zero-order valence-electron chi connectivity index (χ0n) is 12.7. The van der Waals surface area contributed by atoms with Gasteiger partial charge in [-0.15, -0.1) is 0 Å². The van der Waals surface area contributed by atoms with Gasteiger partial charge in [0, 0.05) is 18.1 Å². The molecule has 0 aromatic heterocycles. The van der Waals surface area contributed by atoms with E-state index >= 15 is 0 Å². The van der Waals surface area contributed by atoms with Gasteiger partial charge in [-0.2, -0.15) is 4.39 Å². The van der Waals surface area contributed by atoms with E-state index in [0.29, 0.717) is 0 Å². The van der Waals surface area contributed by atoms with Crippen LogP contribution in [-0.2, 0) is 11.2 Å². The summed E-state index contributed by atoms with van der Waals surface area (Å²) < 4.78 is 26.2. The maximum Gasteiger partial charge on any atom is 0.305 e. The molecule has 1 atom stereocenters. The average molecular weight is 349 g/mol. The summed E-state index contributed by atoms with van der Waals surface area (Å²) >= 11 is 0. The first kappa shape index (κ1) is 18.0. The number of carbonyl (C=O) groups is 2. The standard InChI is InChI=1S/C16H13F2N3O4/c17-11-4-2-10(3-5-11)16(23)20-13(15(19)22)7-9-1-6-12(18)14(8-9)21(24)25/h1-6,8,13H,7H2,(H2,19,22)(H,20,23)/t13-/m1/s1. The monoisotopic (exact) mass is 349 g/mol. The minimum Gasteiger partial charge on any atom is -0.368 e. The highest BCUT2D eigenvalue weighted by molar-refractivity contribution is 5.97. The van der Waals surface area contributed by atoms with Crippen LogP contribution in [0.2, 0.25) is 0 Å². The second kappa shape index (κ2) is 7.47. The maximum absolute atomic E-state index is 13.3. The van der Waals surface area contributed by atoms with Gasteiger partial charge in [-0.1, -0.05) is 6.07 Å². The first-order valence-corrected chi connectivity index (χ1v) is 7.06. The molecule has 2 aromatic rings. The molecule has 0 radical (unpaired) electrons. The highest BCUT2D eigenvalue weighted by Gasteiger charge is 2.22. The third-order valence-electron chi connectivity index (χ3n) is 3.40. The van der Waals surface area contributed by atoms with Gasteiger partial charge in [-0.25, -0.2) is 4.39 Å². The molecule has 25 heavy (non-hydrogen) atoms. The average Bonchev–Trinajstić information content (AvgIpc) is 2.56. The molecule has 3 N–H and O–H groups in total. The van der Waals surface area contributed by atoms with Gasteiger partial charge in [0.05, 0.1) is 4.92 Å². The Hall–Kier alpha value is -3.36. The van der Waals surface area contributed by atoms with Gasteiger partial charge in [0.15, 0.2) is 0 Å². The number of nitrogens with two attached hydrogens (primary N) is 1.